The zero-order chi connectivity index (χ0) is 23.9. The van der Waals surface area contributed by atoms with Crippen LogP contribution >= 0.6 is 11.3 Å². The monoisotopic (exact) mass is 490 g/mol. The second-order valence-corrected chi connectivity index (χ2v) is 10.3. The molecule has 1 fully saturated rings. The van der Waals surface area contributed by atoms with Crippen molar-refractivity contribution >= 4 is 33.1 Å². The van der Waals surface area contributed by atoms with Gasteiger partial charge in [0.15, 0.2) is 0 Å². The molecule has 178 valence electrons. The lowest BCUT2D eigenvalue weighted by molar-refractivity contribution is 0.220. The molecule has 0 amide bonds. The number of aromatic nitrogens is 5. The summed E-state index contributed by atoms with van der Waals surface area (Å²) < 4.78 is 0. The van der Waals surface area contributed by atoms with E-state index in [1.54, 1.807) is 11.3 Å². The molecule has 0 bridgehead atoms. The predicted molar refractivity (Wildman–Crippen MR) is 147 cm³/mol. The molecule has 6 aromatic rings. The lowest BCUT2D eigenvalue weighted by Gasteiger charge is -2.26. The fourth-order valence-corrected chi connectivity index (χ4v) is 5.96. The SMILES string of the molecule is c1cc2[nH]c(-c3n[nH]c4ccc(-c5cncc(CN6CCCCC6)c5)cc34)cc2c(-c2ccsc2)n1. The first-order valence-corrected chi connectivity index (χ1v) is 13.4. The first-order valence-electron chi connectivity index (χ1n) is 12.5. The van der Waals surface area contributed by atoms with Crippen LogP contribution in [0.5, 0.6) is 0 Å². The molecule has 1 aromatic carbocycles. The third-order valence-electron chi connectivity index (χ3n) is 7.14. The van der Waals surface area contributed by atoms with E-state index in [1.165, 1.54) is 37.9 Å². The molecule has 7 rings (SSSR count). The molecule has 0 spiro atoms. The Balaban J connectivity index is 1.26. The Kier molecular flexibility index (Phi) is 5.37. The summed E-state index contributed by atoms with van der Waals surface area (Å²) in [4.78, 5) is 15.3. The van der Waals surface area contributed by atoms with Gasteiger partial charge in [-0.1, -0.05) is 12.5 Å². The molecule has 0 radical (unpaired) electrons. The first kappa shape index (κ1) is 21.5. The van der Waals surface area contributed by atoms with Crippen molar-refractivity contribution in [3.05, 3.63) is 77.4 Å². The number of pyridine rings is 2. The highest BCUT2D eigenvalue weighted by atomic mass is 32.1. The van der Waals surface area contributed by atoms with Gasteiger partial charge in [-0.25, -0.2) is 0 Å². The number of aromatic amines is 2. The summed E-state index contributed by atoms with van der Waals surface area (Å²) in [6.07, 6.45) is 9.77. The van der Waals surface area contributed by atoms with Gasteiger partial charge in [-0.3, -0.25) is 20.0 Å². The minimum absolute atomic E-state index is 0.914. The molecule has 6 nitrogen and oxygen atoms in total. The molecular weight excluding hydrogens is 464 g/mol. The second-order valence-electron chi connectivity index (χ2n) is 9.57. The smallest absolute Gasteiger partial charge is 0.116 e. The van der Waals surface area contributed by atoms with Crippen LogP contribution in [0.2, 0.25) is 0 Å². The Hall–Kier alpha value is -3.81. The third-order valence-corrected chi connectivity index (χ3v) is 7.83. The van der Waals surface area contributed by atoms with Crippen LogP contribution in [-0.4, -0.2) is 43.1 Å². The van der Waals surface area contributed by atoms with E-state index in [0.29, 0.717) is 0 Å². The van der Waals surface area contributed by atoms with E-state index in [2.05, 4.69) is 77.2 Å². The fraction of sp³-hybridized carbons (Fsp3) is 0.207. The van der Waals surface area contributed by atoms with Gasteiger partial charge in [0.2, 0.25) is 0 Å². The Morgan fingerprint density at radius 1 is 0.833 bits per heavy atom. The highest BCUT2D eigenvalue weighted by Gasteiger charge is 2.16. The van der Waals surface area contributed by atoms with E-state index in [4.69, 9.17) is 0 Å². The van der Waals surface area contributed by atoms with Crippen LogP contribution in [0.15, 0.2) is 71.8 Å². The number of piperidine rings is 1. The second kappa shape index (κ2) is 9.00. The lowest BCUT2D eigenvalue weighted by atomic mass is 10.0. The van der Waals surface area contributed by atoms with Crippen LogP contribution in [0.1, 0.15) is 24.8 Å². The number of H-pyrrole nitrogens is 2. The van der Waals surface area contributed by atoms with E-state index < -0.39 is 0 Å². The zero-order valence-electron chi connectivity index (χ0n) is 19.9. The number of benzene rings is 1. The van der Waals surface area contributed by atoms with Crippen molar-refractivity contribution in [3.63, 3.8) is 0 Å². The minimum Gasteiger partial charge on any atom is -0.353 e. The Labute approximate surface area is 213 Å². The fourth-order valence-electron chi connectivity index (χ4n) is 5.32. The molecule has 7 heteroatoms. The van der Waals surface area contributed by atoms with Gasteiger partial charge in [0.05, 0.1) is 16.9 Å². The third kappa shape index (κ3) is 3.90. The molecule has 0 saturated carbocycles. The van der Waals surface area contributed by atoms with E-state index >= 15 is 0 Å². The molecule has 1 saturated heterocycles. The average molecular weight is 491 g/mol. The molecule has 0 aliphatic carbocycles. The van der Waals surface area contributed by atoms with Crippen molar-refractivity contribution in [2.24, 2.45) is 0 Å². The van der Waals surface area contributed by atoms with Crippen molar-refractivity contribution in [3.8, 4) is 33.8 Å². The maximum absolute atomic E-state index is 4.69. The Morgan fingerprint density at radius 3 is 2.64 bits per heavy atom. The Morgan fingerprint density at radius 2 is 1.75 bits per heavy atom. The van der Waals surface area contributed by atoms with E-state index in [1.807, 2.05) is 24.7 Å². The summed E-state index contributed by atoms with van der Waals surface area (Å²) >= 11 is 1.68. The number of nitrogens with one attached hydrogen (secondary N) is 2. The molecule has 1 aliphatic heterocycles. The predicted octanol–water partition coefficient (Wildman–Crippen LogP) is 6.88. The quantitative estimate of drug-likeness (QED) is 0.276. The highest BCUT2D eigenvalue weighted by molar-refractivity contribution is 7.08. The molecule has 6 heterocycles. The van der Waals surface area contributed by atoms with Crippen LogP contribution in [0.3, 0.4) is 0 Å². The van der Waals surface area contributed by atoms with Crippen molar-refractivity contribution in [1.29, 1.82) is 0 Å². The van der Waals surface area contributed by atoms with Crippen LogP contribution in [0.4, 0.5) is 0 Å². The molecule has 1 aliphatic rings. The van der Waals surface area contributed by atoms with Crippen LogP contribution < -0.4 is 0 Å². The first-order chi connectivity index (χ1) is 17.8. The highest BCUT2D eigenvalue weighted by Crippen LogP contribution is 2.35. The van der Waals surface area contributed by atoms with Gasteiger partial charge in [0.25, 0.3) is 0 Å². The number of thiophene rings is 1. The van der Waals surface area contributed by atoms with Gasteiger partial charge < -0.3 is 4.98 Å². The number of nitrogens with zero attached hydrogens (tertiary/aromatic N) is 4. The van der Waals surface area contributed by atoms with E-state index in [-0.39, 0.29) is 0 Å². The number of hydrogen-bond donors (Lipinski definition) is 2. The van der Waals surface area contributed by atoms with Gasteiger partial charge in [0, 0.05) is 57.9 Å². The number of likely N-dealkylation sites (tertiary alicyclic amines) is 1. The Bertz CT molecular complexity index is 1660. The maximum atomic E-state index is 4.69. The van der Waals surface area contributed by atoms with Crippen LogP contribution in [-0.2, 0) is 6.54 Å². The van der Waals surface area contributed by atoms with Crippen molar-refractivity contribution in [2.75, 3.05) is 13.1 Å². The lowest BCUT2D eigenvalue weighted by Crippen LogP contribution is -2.29. The molecule has 0 unspecified atom stereocenters. The normalized spacial score (nSPS) is 14.7. The summed E-state index contributed by atoms with van der Waals surface area (Å²) in [5.74, 6) is 0. The summed E-state index contributed by atoms with van der Waals surface area (Å²) in [5, 5.41) is 14.3. The van der Waals surface area contributed by atoms with Crippen molar-refractivity contribution in [2.45, 2.75) is 25.8 Å². The van der Waals surface area contributed by atoms with Gasteiger partial charge >= 0.3 is 0 Å². The summed E-state index contributed by atoms with van der Waals surface area (Å²) in [6.45, 7) is 3.33. The van der Waals surface area contributed by atoms with E-state index in [9.17, 15) is 0 Å². The van der Waals surface area contributed by atoms with Crippen molar-refractivity contribution in [1.82, 2.24) is 30.0 Å². The molecule has 0 atom stereocenters. The largest absolute Gasteiger partial charge is 0.353 e. The zero-order valence-corrected chi connectivity index (χ0v) is 20.7. The molecular formula is C29H26N6S. The van der Waals surface area contributed by atoms with Gasteiger partial charge in [-0.15, -0.1) is 0 Å². The van der Waals surface area contributed by atoms with Gasteiger partial charge in [-0.05, 0) is 78.8 Å². The topological polar surface area (TPSA) is 73.5 Å². The van der Waals surface area contributed by atoms with Gasteiger partial charge in [-0.2, -0.15) is 16.4 Å². The summed E-state index contributed by atoms with van der Waals surface area (Å²) in [6, 6.07) is 15.1. The number of rotatable bonds is 5. The molecule has 5 aromatic heterocycles. The van der Waals surface area contributed by atoms with Crippen molar-refractivity contribution < 1.29 is 0 Å². The maximum Gasteiger partial charge on any atom is 0.116 e. The van der Waals surface area contributed by atoms with Crippen LogP contribution in [0.25, 0.3) is 55.6 Å². The van der Waals surface area contributed by atoms with Crippen LogP contribution in [0, 0.1) is 0 Å². The van der Waals surface area contributed by atoms with E-state index in [0.717, 1.165) is 62.1 Å². The standard InChI is InChI=1S/C29H26N6S/c1-2-9-35(10-3-1)17-19-12-22(16-30-15-19)20-4-5-26-23(13-20)29(34-33-26)27-14-24-25(32-27)6-8-31-28(24)21-7-11-36-18-21/h4-8,11-16,18,32H,1-3,9-10,17H2,(H,33,34). The number of hydrogen-bond acceptors (Lipinski definition) is 5. The molecule has 36 heavy (non-hydrogen) atoms. The number of fused-ring (bicyclic) bond motifs is 2. The summed E-state index contributed by atoms with van der Waals surface area (Å²) in [7, 11) is 0. The minimum atomic E-state index is 0.914. The van der Waals surface area contributed by atoms with Gasteiger partial charge in [0.1, 0.15) is 5.69 Å². The summed E-state index contributed by atoms with van der Waals surface area (Å²) in [5.41, 5.74) is 9.66. The average Bonchev–Trinajstić information content (AvgIpc) is 3.68. The molecule has 2 N–H and O–H groups in total.